The van der Waals surface area contributed by atoms with Gasteiger partial charge in [-0.05, 0) is 30.0 Å². The molecule has 0 fully saturated rings. The Balaban J connectivity index is 2.44. The Labute approximate surface area is 116 Å². The number of ketones is 1. The van der Waals surface area contributed by atoms with E-state index in [-0.39, 0.29) is 5.78 Å². The number of nitriles is 1. The molecule has 1 heterocycles. The van der Waals surface area contributed by atoms with Crippen LogP contribution in [0.5, 0.6) is 5.75 Å². The Morgan fingerprint density at radius 1 is 1.37 bits per heavy atom. The number of hydrogen-bond donors (Lipinski definition) is 0. The first-order valence-corrected chi connectivity index (χ1v) is 6.67. The number of Topliss-reactive ketones (excluding diaryl/α,β-unsaturated/α-hetero) is 1. The van der Waals surface area contributed by atoms with E-state index in [1.807, 2.05) is 24.4 Å². The predicted octanol–water partition coefficient (Wildman–Crippen LogP) is 3.56. The largest absolute Gasteiger partial charge is 0.496 e. The number of methoxy groups -OCH3 is 1. The number of aryl methyl sites for hydroxylation is 1. The second-order valence-corrected chi connectivity index (χ2v) is 5.02. The van der Waals surface area contributed by atoms with Crippen molar-refractivity contribution >= 4 is 17.1 Å². The number of rotatable bonds is 4. The van der Waals surface area contributed by atoms with E-state index in [0.29, 0.717) is 16.2 Å². The molecule has 96 valence electrons. The minimum absolute atomic E-state index is 0.167. The molecular weight excluding hydrogens is 258 g/mol. The molecule has 3 nitrogen and oxygen atoms in total. The highest BCUT2D eigenvalue weighted by atomic mass is 32.1. The van der Waals surface area contributed by atoms with Gasteiger partial charge in [0.1, 0.15) is 11.7 Å². The summed E-state index contributed by atoms with van der Waals surface area (Å²) in [6, 6.07) is 11.1. The van der Waals surface area contributed by atoms with Gasteiger partial charge in [-0.15, -0.1) is 11.3 Å². The summed E-state index contributed by atoms with van der Waals surface area (Å²) in [5.74, 6) is -0.426. The Kier molecular flexibility index (Phi) is 3.98. The molecule has 1 aromatic carbocycles. The van der Waals surface area contributed by atoms with E-state index < -0.39 is 5.92 Å². The monoisotopic (exact) mass is 271 g/mol. The zero-order valence-corrected chi connectivity index (χ0v) is 11.5. The van der Waals surface area contributed by atoms with Crippen LogP contribution in [0.4, 0.5) is 0 Å². The first kappa shape index (κ1) is 13.3. The van der Waals surface area contributed by atoms with Crippen LogP contribution in [0.3, 0.4) is 0 Å². The summed E-state index contributed by atoms with van der Waals surface area (Å²) in [6.07, 6.45) is 0. The summed E-state index contributed by atoms with van der Waals surface area (Å²) >= 11 is 1.37. The van der Waals surface area contributed by atoms with Crippen LogP contribution < -0.4 is 4.74 Å². The maximum atomic E-state index is 12.5. The smallest absolute Gasteiger partial charge is 0.194 e. The van der Waals surface area contributed by atoms with Crippen molar-refractivity contribution in [2.75, 3.05) is 7.11 Å². The highest BCUT2D eigenvalue weighted by Crippen LogP contribution is 2.31. The lowest BCUT2D eigenvalue weighted by Gasteiger charge is -2.12. The zero-order valence-electron chi connectivity index (χ0n) is 10.7. The Hall–Kier alpha value is -2.12. The molecule has 0 bridgehead atoms. The van der Waals surface area contributed by atoms with Crippen LogP contribution in [-0.2, 0) is 0 Å². The van der Waals surface area contributed by atoms with Crippen molar-refractivity contribution in [2.24, 2.45) is 0 Å². The predicted molar refractivity (Wildman–Crippen MR) is 74.7 cm³/mol. The highest BCUT2D eigenvalue weighted by molar-refractivity contribution is 7.12. The highest BCUT2D eigenvalue weighted by Gasteiger charge is 2.26. The Morgan fingerprint density at radius 2 is 2.11 bits per heavy atom. The molecule has 2 rings (SSSR count). The van der Waals surface area contributed by atoms with Gasteiger partial charge in [-0.3, -0.25) is 4.79 Å². The van der Waals surface area contributed by atoms with E-state index in [1.54, 1.807) is 18.2 Å². The number of nitrogens with zero attached hydrogens (tertiary/aromatic N) is 1. The standard InChI is InChI=1S/C15H13NO2S/c1-10-7-8-19-15(10)14(17)12(9-16)11-5-3-4-6-13(11)18-2/h3-8,12H,1-2H3. The van der Waals surface area contributed by atoms with E-state index in [0.717, 1.165) is 5.56 Å². The van der Waals surface area contributed by atoms with Gasteiger partial charge in [0.05, 0.1) is 18.1 Å². The number of ether oxygens (including phenoxy) is 1. The van der Waals surface area contributed by atoms with Gasteiger partial charge in [0.15, 0.2) is 5.78 Å². The van der Waals surface area contributed by atoms with Gasteiger partial charge in [0.2, 0.25) is 0 Å². The maximum absolute atomic E-state index is 12.5. The second kappa shape index (κ2) is 5.68. The average molecular weight is 271 g/mol. The lowest BCUT2D eigenvalue weighted by molar-refractivity contribution is 0.0981. The van der Waals surface area contributed by atoms with Crippen molar-refractivity contribution in [1.29, 1.82) is 5.26 Å². The molecule has 0 radical (unpaired) electrons. The normalized spacial score (nSPS) is 11.6. The number of thiophene rings is 1. The first-order chi connectivity index (χ1) is 9.19. The van der Waals surface area contributed by atoms with Crippen molar-refractivity contribution in [3.05, 3.63) is 51.7 Å². The van der Waals surface area contributed by atoms with Crippen LogP contribution in [-0.4, -0.2) is 12.9 Å². The van der Waals surface area contributed by atoms with Gasteiger partial charge >= 0.3 is 0 Å². The fourth-order valence-electron chi connectivity index (χ4n) is 1.93. The van der Waals surface area contributed by atoms with Crippen molar-refractivity contribution in [3.63, 3.8) is 0 Å². The van der Waals surface area contributed by atoms with Crippen LogP contribution in [0.1, 0.15) is 26.7 Å². The molecule has 0 N–H and O–H groups in total. The van der Waals surface area contributed by atoms with Crippen LogP contribution in [0.2, 0.25) is 0 Å². The maximum Gasteiger partial charge on any atom is 0.194 e. The van der Waals surface area contributed by atoms with Gasteiger partial charge in [-0.25, -0.2) is 0 Å². The van der Waals surface area contributed by atoms with Gasteiger partial charge < -0.3 is 4.74 Å². The molecule has 0 aliphatic heterocycles. The number of hydrogen-bond acceptors (Lipinski definition) is 4. The fraction of sp³-hybridized carbons (Fsp3) is 0.200. The molecule has 0 spiro atoms. The third kappa shape index (κ3) is 2.51. The molecule has 1 aromatic heterocycles. The number of para-hydroxylation sites is 1. The summed E-state index contributed by atoms with van der Waals surface area (Å²) in [5.41, 5.74) is 1.52. The van der Waals surface area contributed by atoms with Crippen molar-refractivity contribution < 1.29 is 9.53 Å². The van der Waals surface area contributed by atoms with Crippen molar-refractivity contribution in [1.82, 2.24) is 0 Å². The zero-order chi connectivity index (χ0) is 13.8. The summed E-state index contributed by atoms with van der Waals surface area (Å²) < 4.78 is 5.23. The summed E-state index contributed by atoms with van der Waals surface area (Å²) in [4.78, 5) is 13.1. The molecule has 1 unspecified atom stereocenters. The molecular formula is C15H13NO2S. The summed E-state index contributed by atoms with van der Waals surface area (Å²) in [7, 11) is 1.54. The number of benzene rings is 1. The number of carbonyl (C=O) groups is 1. The van der Waals surface area contributed by atoms with Crippen molar-refractivity contribution in [2.45, 2.75) is 12.8 Å². The minimum Gasteiger partial charge on any atom is -0.496 e. The lowest BCUT2D eigenvalue weighted by atomic mass is 9.93. The molecule has 0 saturated heterocycles. The number of carbonyl (C=O) groups excluding carboxylic acids is 1. The van der Waals surface area contributed by atoms with Gasteiger partial charge in [-0.1, -0.05) is 18.2 Å². The second-order valence-electron chi connectivity index (χ2n) is 4.10. The van der Waals surface area contributed by atoms with E-state index in [2.05, 4.69) is 6.07 Å². The van der Waals surface area contributed by atoms with Crippen molar-refractivity contribution in [3.8, 4) is 11.8 Å². The fourth-order valence-corrected chi connectivity index (χ4v) is 2.83. The van der Waals surface area contributed by atoms with E-state index in [4.69, 9.17) is 4.74 Å². The van der Waals surface area contributed by atoms with Crippen LogP contribution >= 0.6 is 11.3 Å². The summed E-state index contributed by atoms with van der Waals surface area (Å²) in [5, 5.41) is 11.2. The topological polar surface area (TPSA) is 50.1 Å². The van der Waals surface area contributed by atoms with Gasteiger partial charge in [0, 0.05) is 5.56 Å². The molecule has 19 heavy (non-hydrogen) atoms. The summed E-state index contributed by atoms with van der Waals surface area (Å²) in [6.45, 7) is 1.88. The van der Waals surface area contributed by atoms with Crippen LogP contribution in [0.25, 0.3) is 0 Å². The molecule has 0 aliphatic rings. The van der Waals surface area contributed by atoms with E-state index in [1.165, 1.54) is 18.4 Å². The Bertz CT molecular complexity index is 640. The lowest BCUT2D eigenvalue weighted by Crippen LogP contribution is -2.12. The molecule has 0 aliphatic carbocycles. The van der Waals surface area contributed by atoms with Crippen LogP contribution in [0, 0.1) is 18.3 Å². The minimum atomic E-state index is -0.825. The first-order valence-electron chi connectivity index (χ1n) is 5.80. The average Bonchev–Trinajstić information content (AvgIpc) is 2.86. The Morgan fingerprint density at radius 3 is 2.68 bits per heavy atom. The quantitative estimate of drug-likeness (QED) is 0.799. The van der Waals surface area contributed by atoms with Gasteiger partial charge in [-0.2, -0.15) is 5.26 Å². The van der Waals surface area contributed by atoms with Crippen LogP contribution in [0.15, 0.2) is 35.7 Å². The van der Waals surface area contributed by atoms with E-state index >= 15 is 0 Å². The van der Waals surface area contributed by atoms with E-state index in [9.17, 15) is 10.1 Å². The SMILES string of the molecule is COc1ccccc1C(C#N)C(=O)c1sccc1C. The molecule has 4 heteroatoms. The molecule has 2 aromatic rings. The molecule has 0 amide bonds. The molecule has 0 saturated carbocycles. The van der Waals surface area contributed by atoms with Gasteiger partial charge in [0.25, 0.3) is 0 Å². The third-order valence-corrected chi connectivity index (χ3v) is 3.96. The molecule has 1 atom stereocenters. The third-order valence-electron chi connectivity index (χ3n) is 2.93.